The minimum absolute atomic E-state index is 0.691. The van der Waals surface area contributed by atoms with E-state index in [0.717, 1.165) is 5.56 Å². The van der Waals surface area contributed by atoms with E-state index in [-0.39, 0.29) is 0 Å². The van der Waals surface area contributed by atoms with Gasteiger partial charge in [-0.3, -0.25) is 0 Å². The van der Waals surface area contributed by atoms with Crippen LogP contribution in [0.3, 0.4) is 0 Å². The molecule has 0 bridgehead atoms. The second-order valence-electron chi connectivity index (χ2n) is 2.53. The first-order chi connectivity index (χ1) is 6.77. The van der Waals surface area contributed by atoms with Crippen LogP contribution in [-0.4, -0.2) is 13.3 Å². The summed E-state index contributed by atoms with van der Waals surface area (Å²) in [6.07, 6.45) is 3.75. The van der Waals surface area contributed by atoms with Crippen LogP contribution >= 0.6 is 0 Å². The van der Waals surface area contributed by atoms with E-state index in [4.69, 9.17) is 11.2 Å². The zero-order valence-electron chi connectivity index (χ0n) is 7.77. The standard InChI is InChI=1S/C11H10O3/c1-3-10(14-11(12)13-2)9-7-5-4-6-8-9/h1,4-8,10H,2H3. The summed E-state index contributed by atoms with van der Waals surface area (Å²) in [4.78, 5) is 10.8. The Morgan fingerprint density at radius 1 is 1.43 bits per heavy atom. The van der Waals surface area contributed by atoms with Crippen molar-refractivity contribution in [3.63, 3.8) is 0 Å². The van der Waals surface area contributed by atoms with Gasteiger partial charge >= 0.3 is 6.16 Å². The summed E-state index contributed by atoms with van der Waals surface area (Å²) in [7, 11) is 1.24. The van der Waals surface area contributed by atoms with Crippen molar-refractivity contribution in [3.05, 3.63) is 35.9 Å². The van der Waals surface area contributed by atoms with Gasteiger partial charge in [0.15, 0.2) is 6.10 Å². The molecule has 0 fully saturated rings. The van der Waals surface area contributed by atoms with E-state index >= 15 is 0 Å². The summed E-state index contributed by atoms with van der Waals surface area (Å²) in [6, 6.07) is 9.07. The maximum absolute atomic E-state index is 10.8. The molecule has 1 aromatic carbocycles. The maximum atomic E-state index is 10.8. The number of hydrogen-bond donors (Lipinski definition) is 0. The van der Waals surface area contributed by atoms with E-state index in [9.17, 15) is 4.79 Å². The molecule has 0 aliphatic rings. The first kappa shape index (κ1) is 10.1. The van der Waals surface area contributed by atoms with Gasteiger partial charge in [0.25, 0.3) is 0 Å². The Bertz CT molecular complexity index is 337. The zero-order chi connectivity index (χ0) is 10.4. The predicted octanol–water partition coefficient (Wildman–Crippen LogP) is 2.14. The highest BCUT2D eigenvalue weighted by molar-refractivity contribution is 5.60. The van der Waals surface area contributed by atoms with Gasteiger partial charge in [-0.1, -0.05) is 36.3 Å². The Hall–Kier alpha value is -1.95. The van der Waals surface area contributed by atoms with Crippen molar-refractivity contribution in [1.82, 2.24) is 0 Å². The van der Waals surface area contributed by atoms with E-state index < -0.39 is 12.3 Å². The number of carbonyl (C=O) groups excluding carboxylic acids is 1. The molecule has 0 aliphatic carbocycles. The third kappa shape index (κ3) is 2.53. The summed E-state index contributed by atoms with van der Waals surface area (Å²) in [5, 5.41) is 0. The molecule has 14 heavy (non-hydrogen) atoms. The third-order valence-corrected chi connectivity index (χ3v) is 1.63. The highest BCUT2D eigenvalue weighted by atomic mass is 16.7. The van der Waals surface area contributed by atoms with E-state index in [0.29, 0.717) is 0 Å². The van der Waals surface area contributed by atoms with Gasteiger partial charge in [0.05, 0.1) is 7.11 Å². The molecule has 0 spiro atoms. The number of rotatable bonds is 2. The smallest absolute Gasteiger partial charge is 0.438 e. The SMILES string of the molecule is C#CC(OC(=O)OC)c1ccccc1. The molecular weight excluding hydrogens is 180 g/mol. The van der Waals surface area contributed by atoms with Crippen LogP contribution in [0.25, 0.3) is 0 Å². The van der Waals surface area contributed by atoms with Crippen molar-refractivity contribution in [2.75, 3.05) is 7.11 Å². The van der Waals surface area contributed by atoms with Crippen LogP contribution in [0.5, 0.6) is 0 Å². The molecule has 1 unspecified atom stereocenters. The van der Waals surface area contributed by atoms with Crippen LogP contribution in [0.1, 0.15) is 11.7 Å². The lowest BCUT2D eigenvalue weighted by atomic mass is 10.1. The molecule has 3 nitrogen and oxygen atoms in total. The first-order valence-electron chi connectivity index (χ1n) is 4.03. The third-order valence-electron chi connectivity index (χ3n) is 1.63. The molecule has 0 amide bonds. The van der Waals surface area contributed by atoms with E-state index in [1.807, 2.05) is 18.2 Å². The molecule has 0 radical (unpaired) electrons. The molecule has 0 aliphatic heterocycles. The summed E-state index contributed by atoms with van der Waals surface area (Å²) < 4.78 is 9.18. The van der Waals surface area contributed by atoms with Crippen molar-refractivity contribution < 1.29 is 14.3 Å². The Morgan fingerprint density at radius 2 is 2.07 bits per heavy atom. The van der Waals surface area contributed by atoms with Crippen molar-refractivity contribution in [3.8, 4) is 12.3 Å². The van der Waals surface area contributed by atoms with E-state index in [2.05, 4.69) is 10.7 Å². The van der Waals surface area contributed by atoms with E-state index in [1.54, 1.807) is 12.1 Å². The van der Waals surface area contributed by atoms with Crippen LogP contribution < -0.4 is 0 Å². The molecule has 1 rings (SSSR count). The Labute approximate surface area is 82.6 Å². The average Bonchev–Trinajstić information content (AvgIpc) is 2.26. The second-order valence-corrected chi connectivity index (χ2v) is 2.53. The van der Waals surface area contributed by atoms with Crippen molar-refractivity contribution >= 4 is 6.16 Å². The maximum Gasteiger partial charge on any atom is 0.509 e. The van der Waals surface area contributed by atoms with Crippen LogP contribution in [0.2, 0.25) is 0 Å². The largest absolute Gasteiger partial charge is 0.509 e. The van der Waals surface area contributed by atoms with Crippen LogP contribution in [-0.2, 0) is 9.47 Å². The van der Waals surface area contributed by atoms with Gasteiger partial charge in [0.1, 0.15) is 0 Å². The Morgan fingerprint density at radius 3 is 2.57 bits per heavy atom. The fraction of sp³-hybridized carbons (Fsp3) is 0.182. The van der Waals surface area contributed by atoms with Crippen LogP contribution in [0.15, 0.2) is 30.3 Å². The lowest BCUT2D eigenvalue weighted by Gasteiger charge is -2.10. The summed E-state index contributed by atoms with van der Waals surface area (Å²) >= 11 is 0. The van der Waals surface area contributed by atoms with Crippen LogP contribution in [0.4, 0.5) is 4.79 Å². The van der Waals surface area contributed by atoms with Gasteiger partial charge in [-0.05, 0) is 0 Å². The lowest BCUT2D eigenvalue weighted by Crippen LogP contribution is -2.09. The molecule has 0 N–H and O–H groups in total. The molecule has 72 valence electrons. The molecule has 1 atom stereocenters. The van der Waals surface area contributed by atoms with Crippen molar-refractivity contribution in [1.29, 1.82) is 0 Å². The Kier molecular flexibility index (Phi) is 3.57. The lowest BCUT2D eigenvalue weighted by molar-refractivity contribution is 0.0550. The van der Waals surface area contributed by atoms with Gasteiger partial charge in [-0.2, -0.15) is 0 Å². The number of hydrogen-bond acceptors (Lipinski definition) is 3. The molecule has 0 saturated carbocycles. The number of carbonyl (C=O) groups is 1. The van der Waals surface area contributed by atoms with Gasteiger partial charge < -0.3 is 9.47 Å². The fourth-order valence-corrected chi connectivity index (χ4v) is 0.970. The Balaban J connectivity index is 2.74. The minimum atomic E-state index is -0.781. The number of benzene rings is 1. The highest BCUT2D eigenvalue weighted by Gasteiger charge is 2.13. The number of methoxy groups -OCH3 is 1. The number of ether oxygens (including phenoxy) is 2. The quantitative estimate of drug-likeness (QED) is 0.529. The topological polar surface area (TPSA) is 35.5 Å². The minimum Gasteiger partial charge on any atom is -0.438 e. The van der Waals surface area contributed by atoms with Crippen molar-refractivity contribution in [2.45, 2.75) is 6.10 Å². The molecule has 0 heterocycles. The van der Waals surface area contributed by atoms with Crippen molar-refractivity contribution in [2.24, 2.45) is 0 Å². The average molecular weight is 190 g/mol. The monoisotopic (exact) mass is 190 g/mol. The zero-order valence-corrected chi connectivity index (χ0v) is 7.77. The fourth-order valence-electron chi connectivity index (χ4n) is 0.970. The summed E-state index contributed by atoms with van der Waals surface area (Å²) in [5.74, 6) is 2.36. The second kappa shape index (κ2) is 4.93. The summed E-state index contributed by atoms with van der Waals surface area (Å²) in [6.45, 7) is 0. The molecule has 3 heteroatoms. The van der Waals surface area contributed by atoms with Gasteiger partial charge in [0.2, 0.25) is 0 Å². The predicted molar refractivity (Wildman–Crippen MR) is 51.5 cm³/mol. The van der Waals surface area contributed by atoms with E-state index in [1.165, 1.54) is 7.11 Å². The number of terminal acetylenes is 1. The molecular formula is C11H10O3. The van der Waals surface area contributed by atoms with Crippen LogP contribution in [0, 0.1) is 12.3 Å². The van der Waals surface area contributed by atoms with Gasteiger partial charge in [0, 0.05) is 5.56 Å². The molecule has 0 aromatic heterocycles. The van der Waals surface area contributed by atoms with Gasteiger partial charge in [-0.25, -0.2) is 4.79 Å². The highest BCUT2D eigenvalue weighted by Crippen LogP contribution is 2.16. The van der Waals surface area contributed by atoms with Gasteiger partial charge in [-0.15, -0.1) is 6.42 Å². The molecule has 0 saturated heterocycles. The summed E-state index contributed by atoms with van der Waals surface area (Å²) in [5.41, 5.74) is 0.750. The first-order valence-corrected chi connectivity index (χ1v) is 4.03. The normalized spacial score (nSPS) is 11.1. The molecule has 1 aromatic rings.